The number of hydrogen-bond acceptors (Lipinski definition) is 2. The fourth-order valence-corrected chi connectivity index (χ4v) is 1.86. The van der Waals surface area contributed by atoms with Crippen molar-refractivity contribution in [3.8, 4) is 0 Å². The van der Waals surface area contributed by atoms with Gasteiger partial charge in [0.25, 0.3) is 0 Å². The second-order valence-corrected chi connectivity index (χ2v) is 6.08. The van der Waals surface area contributed by atoms with Crippen LogP contribution in [0.3, 0.4) is 0 Å². The molecule has 1 unspecified atom stereocenters. The van der Waals surface area contributed by atoms with Crippen molar-refractivity contribution < 1.29 is 9.50 Å². The number of benzene rings is 1. The van der Waals surface area contributed by atoms with Crippen LogP contribution in [0.1, 0.15) is 26.3 Å². The minimum atomic E-state index is -0.521. The minimum absolute atomic E-state index is 0.0276. The predicted molar refractivity (Wildman–Crippen MR) is 71.6 cm³/mol. The highest BCUT2D eigenvalue weighted by molar-refractivity contribution is 9.10. The molecule has 0 heterocycles. The topological polar surface area (TPSA) is 32.3 Å². The number of β-amino-alcohol motifs (C(OH)–C–C–N with tert-alkyl or cyclic N) is 1. The molecule has 1 aromatic carbocycles. The van der Waals surface area contributed by atoms with Crippen LogP contribution < -0.4 is 5.32 Å². The summed E-state index contributed by atoms with van der Waals surface area (Å²) in [7, 11) is 0. The molecule has 0 amide bonds. The summed E-state index contributed by atoms with van der Waals surface area (Å²) in [6.45, 7) is 6.61. The summed E-state index contributed by atoms with van der Waals surface area (Å²) in [5.41, 5.74) is 0.758. The molecule has 0 fully saturated rings. The van der Waals surface area contributed by atoms with Crippen molar-refractivity contribution in [3.63, 3.8) is 0 Å². The van der Waals surface area contributed by atoms with E-state index in [1.807, 2.05) is 20.8 Å². The summed E-state index contributed by atoms with van der Waals surface area (Å²) >= 11 is 3.35. The molecule has 0 bridgehead atoms. The Bertz CT molecular complexity index is 376. The van der Waals surface area contributed by atoms with Gasteiger partial charge in [-0.25, -0.2) is 4.39 Å². The average Bonchev–Trinajstić information content (AvgIpc) is 2.20. The van der Waals surface area contributed by atoms with E-state index in [2.05, 4.69) is 21.2 Å². The molecule has 96 valence electrons. The van der Waals surface area contributed by atoms with Crippen LogP contribution in [-0.2, 0) is 6.42 Å². The molecule has 0 spiro atoms. The Balaban J connectivity index is 2.56. The molecule has 0 aliphatic carbocycles. The predicted octanol–water partition coefficient (Wildman–Crippen LogP) is 2.88. The number of aliphatic hydroxyl groups excluding tert-OH is 1. The molecular formula is C13H19BrFNO. The number of hydrogen-bond donors (Lipinski definition) is 2. The molecule has 0 saturated heterocycles. The summed E-state index contributed by atoms with van der Waals surface area (Å²) in [4.78, 5) is 0. The first-order chi connectivity index (χ1) is 7.78. The zero-order valence-electron chi connectivity index (χ0n) is 10.4. The van der Waals surface area contributed by atoms with Crippen LogP contribution in [0.2, 0.25) is 0 Å². The molecular weight excluding hydrogens is 285 g/mol. The fourth-order valence-electron chi connectivity index (χ4n) is 1.45. The molecule has 17 heavy (non-hydrogen) atoms. The fraction of sp³-hybridized carbons (Fsp3) is 0.538. The molecule has 1 aromatic rings. The van der Waals surface area contributed by atoms with Gasteiger partial charge in [0.2, 0.25) is 0 Å². The van der Waals surface area contributed by atoms with E-state index in [0.717, 1.165) is 10.0 Å². The SMILES string of the molecule is CC(C)(C)NCC(O)Cc1cc(F)ccc1Br. The maximum Gasteiger partial charge on any atom is 0.123 e. The first kappa shape index (κ1) is 14.6. The van der Waals surface area contributed by atoms with Crippen LogP contribution in [0, 0.1) is 5.82 Å². The summed E-state index contributed by atoms with van der Waals surface area (Å²) in [5, 5.41) is 13.1. The lowest BCUT2D eigenvalue weighted by molar-refractivity contribution is 0.160. The van der Waals surface area contributed by atoms with Gasteiger partial charge in [-0.15, -0.1) is 0 Å². The molecule has 0 radical (unpaired) electrons. The lowest BCUT2D eigenvalue weighted by atomic mass is 10.1. The van der Waals surface area contributed by atoms with Gasteiger partial charge in [-0.1, -0.05) is 15.9 Å². The van der Waals surface area contributed by atoms with E-state index >= 15 is 0 Å². The molecule has 0 aliphatic rings. The summed E-state index contributed by atoms with van der Waals surface area (Å²) < 4.78 is 13.9. The van der Waals surface area contributed by atoms with Gasteiger partial charge in [-0.3, -0.25) is 0 Å². The van der Waals surface area contributed by atoms with Gasteiger partial charge in [0.15, 0.2) is 0 Å². The maximum absolute atomic E-state index is 13.1. The van der Waals surface area contributed by atoms with Crippen LogP contribution in [-0.4, -0.2) is 23.3 Å². The quantitative estimate of drug-likeness (QED) is 0.896. The van der Waals surface area contributed by atoms with E-state index in [9.17, 15) is 9.50 Å². The normalized spacial score (nSPS) is 13.8. The third-order valence-corrected chi connectivity index (χ3v) is 3.10. The monoisotopic (exact) mass is 303 g/mol. The highest BCUT2D eigenvalue weighted by atomic mass is 79.9. The van der Waals surface area contributed by atoms with Gasteiger partial charge in [-0.2, -0.15) is 0 Å². The molecule has 0 aliphatic heterocycles. The van der Waals surface area contributed by atoms with Gasteiger partial charge >= 0.3 is 0 Å². The van der Waals surface area contributed by atoms with E-state index in [-0.39, 0.29) is 11.4 Å². The third-order valence-electron chi connectivity index (χ3n) is 2.33. The van der Waals surface area contributed by atoms with E-state index in [0.29, 0.717) is 13.0 Å². The Morgan fingerprint density at radius 2 is 2.06 bits per heavy atom. The standard InChI is InChI=1S/C13H19BrFNO/c1-13(2,3)16-8-11(17)7-9-6-10(15)4-5-12(9)14/h4-6,11,16-17H,7-8H2,1-3H3. The molecule has 4 heteroatoms. The first-order valence-electron chi connectivity index (χ1n) is 5.65. The van der Waals surface area contributed by atoms with Crippen LogP contribution in [0.4, 0.5) is 4.39 Å². The minimum Gasteiger partial charge on any atom is -0.391 e. The van der Waals surface area contributed by atoms with Crippen LogP contribution in [0.15, 0.2) is 22.7 Å². The second-order valence-electron chi connectivity index (χ2n) is 5.22. The smallest absolute Gasteiger partial charge is 0.123 e. The van der Waals surface area contributed by atoms with E-state index < -0.39 is 6.10 Å². The van der Waals surface area contributed by atoms with Crippen molar-refractivity contribution in [3.05, 3.63) is 34.1 Å². The lowest BCUT2D eigenvalue weighted by Crippen LogP contribution is -2.41. The Morgan fingerprint density at radius 3 is 2.65 bits per heavy atom. The highest BCUT2D eigenvalue weighted by Crippen LogP contribution is 2.19. The zero-order valence-corrected chi connectivity index (χ0v) is 12.0. The van der Waals surface area contributed by atoms with Crippen LogP contribution >= 0.6 is 15.9 Å². The molecule has 2 N–H and O–H groups in total. The lowest BCUT2D eigenvalue weighted by Gasteiger charge is -2.23. The van der Waals surface area contributed by atoms with Crippen molar-refractivity contribution in [2.75, 3.05) is 6.54 Å². The van der Waals surface area contributed by atoms with Gasteiger partial charge in [0, 0.05) is 23.0 Å². The first-order valence-corrected chi connectivity index (χ1v) is 6.44. The molecule has 2 nitrogen and oxygen atoms in total. The Kier molecular flexibility index (Phi) is 5.10. The Labute approximate surface area is 110 Å². The number of nitrogens with one attached hydrogen (secondary N) is 1. The number of aliphatic hydroxyl groups is 1. The van der Waals surface area contributed by atoms with Crippen molar-refractivity contribution in [1.29, 1.82) is 0 Å². The van der Waals surface area contributed by atoms with Crippen LogP contribution in [0.25, 0.3) is 0 Å². The highest BCUT2D eigenvalue weighted by Gasteiger charge is 2.13. The Morgan fingerprint density at radius 1 is 1.41 bits per heavy atom. The van der Waals surface area contributed by atoms with Gasteiger partial charge in [0.05, 0.1) is 6.10 Å². The zero-order chi connectivity index (χ0) is 13.1. The van der Waals surface area contributed by atoms with E-state index in [4.69, 9.17) is 0 Å². The molecule has 0 saturated carbocycles. The van der Waals surface area contributed by atoms with Crippen molar-refractivity contribution in [2.45, 2.75) is 38.8 Å². The largest absolute Gasteiger partial charge is 0.391 e. The summed E-state index contributed by atoms with van der Waals surface area (Å²) in [6, 6.07) is 4.51. The van der Waals surface area contributed by atoms with E-state index in [1.165, 1.54) is 12.1 Å². The second kappa shape index (κ2) is 5.94. The van der Waals surface area contributed by atoms with Gasteiger partial charge in [-0.05, 0) is 44.5 Å². The van der Waals surface area contributed by atoms with Crippen molar-refractivity contribution in [2.24, 2.45) is 0 Å². The Hall–Kier alpha value is -0.450. The van der Waals surface area contributed by atoms with E-state index in [1.54, 1.807) is 6.07 Å². The maximum atomic E-state index is 13.1. The van der Waals surface area contributed by atoms with Crippen molar-refractivity contribution >= 4 is 15.9 Å². The average molecular weight is 304 g/mol. The number of halogens is 2. The van der Waals surface area contributed by atoms with Gasteiger partial charge in [0.1, 0.15) is 5.82 Å². The third kappa shape index (κ3) is 5.61. The molecule has 1 atom stereocenters. The molecule has 0 aromatic heterocycles. The molecule has 1 rings (SSSR count). The van der Waals surface area contributed by atoms with Crippen LogP contribution in [0.5, 0.6) is 0 Å². The summed E-state index contributed by atoms with van der Waals surface area (Å²) in [6.07, 6.45) is -0.0890. The number of rotatable bonds is 4. The summed E-state index contributed by atoms with van der Waals surface area (Å²) in [5.74, 6) is -0.279. The van der Waals surface area contributed by atoms with Crippen molar-refractivity contribution in [1.82, 2.24) is 5.32 Å². The van der Waals surface area contributed by atoms with Gasteiger partial charge < -0.3 is 10.4 Å².